The van der Waals surface area contributed by atoms with Crippen molar-refractivity contribution in [2.45, 2.75) is 30.5 Å². The van der Waals surface area contributed by atoms with Gasteiger partial charge in [-0.25, -0.2) is 21.6 Å². The Bertz CT molecular complexity index is 647. The summed E-state index contributed by atoms with van der Waals surface area (Å²) in [5.41, 5.74) is 5.34. The number of hydrogen-bond acceptors (Lipinski definition) is 6. The lowest BCUT2D eigenvalue weighted by molar-refractivity contribution is 0.409. The lowest BCUT2D eigenvalue weighted by Gasteiger charge is -2.22. The average Bonchev–Trinajstić information content (AvgIpc) is 2.76. The average molecular weight is 308 g/mol. The maximum absolute atomic E-state index is 12.0. The summed E-state index contributed by atoms with van der Waals surface area (Å²) in [6.45, 7) is 0.104. The van der Waals surface area contributed by atoms with Crippen molar-refractivity contribution < 1.29 is 21.3 Å². The van der Waals surface area contributed by atoms with E-state index in [4.69, 9.17) is 10.2 Å². The first kappa shape index (κ1) is 14.5. The molecular formula is C10H16N2O5S2. The van der Waals surface area contributed by atoms with E-state index in [1.807, 2.05) is 0 Å². The molecule has 2 heterocycles. The summed E-state index contributed by atoms with van der Waals surface area (Å²) in [7, 11) is -7.00. The Morgan fingerprint density at radius 2 is 2.16 bits per heavy atom. The van der Waals surface area contributed by atoms with Crippen molar-refractivity contribution in [2.75, 3.05) is 11.5 Å². The monoisotopic (exact) mass is 308 g/mol. The zero-order valence-corrected chi connectivity index (χ0v) is 11.8. The molecule has 0 aliphatic carbocycles. The van der Waals surface area contributed by atoms with Crippen LogP contribution in [0.3, 0.4) is 0 Å². The summed E-state index contributed by atoms with van der Waals surface area (Å²) in [6, 6.07) is 2.18. The van der Waals surface area contributed by atoms with E-state index in [2.05, 4.69) is 4.72 Å². The second kappa shape index (κ2) is 5.23. The molecule has 1 aromatic rings. The molecule has 0 saturated carbocycles. The molecule has 7 nitrogen and oxygen atoms in total. The fourth-order valence-corrected chi connectivity index (χ4v) is 4.97. The van der Waals surface area contributed by atoms with Crippen LogP contribution in [0.5, 0.6) is 0 Å². The highest BCUT2D eigenvalue weighted by Crippen LogP contribution is 2.17. The van der Waals surface area contributed by atoms with E-state index in [-0.39, 0.29) is 23.1 Å². The minimum absolute atomic E-state index is 0.104. The Morgan fingerprint density at radius 3 is 2.74 bits per heavy atom. The van der Waals surface area contributed by atoms with Crippen molar-refractivity contribution in [1.29, 1.82) is 0 Å². The lowest BCUT2D eigenvalue weighted by Crippen LogP contribution is -2.43. The van der Waals surface area contributed by atoms with E-state index in [1.165, 1.54) is 12.1 Å². The minimum Gasteiger partial charge on any atom is -0.447 e. The van der Waals surface area contributed by atoms with Crippen molar-refractivity contribution in [3.8, 4) is 0 Å². The van der Waals surface area contributed by atoms with Crippen LogP contribution < -0.4 is 10.5 Å². The van der Waals surface area contributed by atoms with Crippen LogP contribution in [0.2, 0.25) is 0 Å². The second-order valence-corrected chi connectivity index (χ2v) is 8.37. The van der Waals surface area contributed by atoms with Crippen LogP contribution in [-0.2, 0) is 26.4 Å². The molecule has 9 heteroatoms. The first-order chi connectivity index (χ1) is 8.82. The van der Waals surface area contributed by atoms with E-state index >= 15 is 0 Å². The molecule has 1 aliphatic heterocycles. The lowest BCUT2D eigenvalue weighted by atomic mass is 10.2. The number of rotatable bonds is 4. The van der Waals surface area contributed by atoms with Crippen LogP contribution in [-0.4, -0.2) is 34.4 Å². The van der Waals surface area contributed by atoms with Gasteiger partial charge in [-0.15, -0.1) is 0 Å². The summed E-state index contributed by atoms with van der Waals surface area (Å²) in [5, 5.41) is -0.240. The van der Waals surface area contributed by atoms with Crippen LogP contribution in [0.1, 0.15) is 18.6 Å². The van der Waals surface area contributed by atoms with Crippen molar-refractivity contribution in [3.05, 3.63) is 17.9 Å². The maximum atomic E-state index is 12.0. The standard InChI is InChI=1S/C10H16N2O5S2/c11-6-9-3-4-10(17-9)19(15,16)12-8-2-1-5-18(13,14)7-8/h3-4,8,12H,1-2,5-7,11H2. The molecule has 0 aromatic carbocycles. The van der Waals surface area contributed by atoms with Gasteiger partial charge in [-0.05, 0) is 25.0 Å². The third-order valence-corrected chi connectivity index (χ3v) is 6.10. The molecule has 1 fully saturated rings. The highest BCUT2D eigenvalue weighted by Gasteiger charge is 2.30. The summed E-state index contributed by atoms with van der Waals surface area (Å²) in [5.74, 6) is 0.302. The number of nitrogens with two attached hydrogens (primary N) is 1. The van der Waals surface area contributed by atoms with Gasteiger partial charge < -0.3 is 10.2 Å². The molecule has 1 atom stereocenters. The predicted molar refractivity (Wildman–Crippen MR) is 68.6 cm³/mol. The molecule has 0 spiro atoms. The van der Waals surface area contributed by atoms with Gasteiger partial charge in [0.25, 0.3) is 10.0 Å². The van der Waals surface area contributed by atoms with Crippen LogP contribution in [0, 0.1) is 0 Å². The van der Waals surface area contributed by atoms with Crippen LogP contribution in [0.25, 0.3) is 0 Å². The van der Waals surface area contributed by atoms with Gasteiger partial charge in [-0.1, -0.05) is 0 Å². The number of furan rings is 1. The van der Waals surface area contributed by atoms with Gasteiger partial charge >= 0.3 is 0 Å². The zero-order valence-electron chi connectivity index (χ0n) is 10.2. The number of nitrogens with one attached hydrogen (secondary N) is 1. The number of sulfonamides is 1. The van der Waals surface area contributed by atoms with Crippen LogP contribution in [0.4, 0.5) is 0 Å². The second-order valence-electron chi connectivity index (χ2n) is 4.50. The molecule has 0 bridgehead atoms. The van der Waals surface area contributed by atoms with Gasteiger partial charge in [-0.3, -0.25) is 0 Å². The summed E-state index contributed by atoms with van der Waals surface area (Å²) in [6.07, 6.45) is 0.963. The number of sulfone groups is 1. The molecule has 1 aliphatic rings. The van der Waals surface area contributed by atoms with Crippen molar-refractivity contribution in [2.24, 2.45) is 5.73 Å². The van der Waals surface area contributed by atoms with Crippen molar-refractivity contribution >= 4 is 19.9 Å². The summed E-state index contributed by atoms with van der Waals surface area (Å²) >= 11 is 0. The molecule has 1 saturated heterocycles. The highest BCUT2D eigenvalue weighted by atomic mass is 32.2. The molecule has 1 unspecified atom stereocenters. The molecule has 0 radical (unpaired) electrons. The van der Waals surface area contributed by atoms with Crippen LogP contribution in [0.15, 0.2) is 21.6 Å². The Morgan fingerprint density at radius 1 is 1.42 bits per heavy atom. The van der Waals surface area contributed by atoms with E-state index in [1.54, 1.807) is 0 Å². The first-order valence-electron chi connectivity index (χ1n) is 5.84. The van der Waals surface area contributed by atoms with Gasteiger partial charge in [0.1, 0.15) is 5.76 Å². The molecule has 2 rings (SSSR count). The molecule has 108 valence electrons. The fraction of sp³-hybridized carbons (Fsp3) is 0.600. The third kappa shape index (κ3) is 3.56. The van der Waals surface area contributed by atoms with E-state index in [0.29, 0.717) is 18.6 Å². The van der Waals surface area contributed by atoms with Gasteiger partial charge in [-0.2, -0.15) is 0 Å². The third-order valence-electron chi connectivity index (χ3n) is 2.89. The van der Waals surface area contributed by atoms with Crippen molar-refractivity contribution in [3.63, 3.8) is 0 Å². The topological polar surface area (TPSA) is 119 Å². The van der Waals surface area contributed by atoms with Gasteiger partial charge in [0.05, 0.1) is 18.1 Å². The molecular weight excluding hydrogens is 292 g/mol. The Labute approximate surface area is 112 Å². The van der Waals surface area contributed by atoms with Crippen molar-refractivity contribution in [1.82, 2.24) is 4.72 Å². The van der Waals surface area contributed by atoms with E-state index in [0.717, 1.165) is 0 Å². The zero-order chi connectivity index (χ0) is 14.1. The SMILES string of the molecule is NCc1ccc(S(=O)(=O)NC2CCCS(=O)(=O)C2)o1. The van der Waals surface area contributed by atoms with Gasteiger partial charge in [0.15, 0.2) is 9.84 Å². The Kier molecular flexibility index (Phi) is 4.00. The van der Waals surface area contributed by atoms with E-state index < -0.39 is 25.9 Å². The normalized spacial score (nSPS) is 23.3. The summed E-state index contributed by atoms with van der Waals surface area (Å²) < 4.78 is 54.3. The van der Waals surface area contributed by atoms with Crippen LogP contribution >= 0.6 is 0 Å². The quantitative estimate of drug-likeness (QED) is 0.780. The smallest absolute Gasteiger partial charge is 0.274 e. The Hall–Kier alpha value is -0.900. The maximum Gasteiger partial charge on any atom is 0.274 e. The van der Waals surface area contributed by atoms with Gasteiger partial charge in [0, 0.05) is 6.04 Å². The Balaban J connectivity index is 2.13. The minimum atomic E-state index is -3.84. The largest absolute Gasteiger partial charge is 0.447 e. The highest BCUT2D eigenvalue weighted by molar-refractivity contribution is 7.91. The molecule has 19 heavy (non-hydrogen) atoms. The summed E-state index contributed by atoms with van der Waals surface area (Å²) in [4.78, 5) is 0. The first-order valence-corrected chi connectivity index (χ1v) is 9.14. The number of hydrogen-bond donors (Lipinski definition) is 2. The van der Waals surface area contributed by atoms with E-state index in [9.17, 15) is 16.8 Å². The fourth-order valence-electron chi connectivity index (χ4n) is 2.01. The predicted octanol–water partition coefficient (Wildman–Crippen LogP) is -0.406. The molecule has 1 aromatic heterocycles. The molecule has 0 amide bonds. The van der Waals surface area contributed by atoms with Gasteiger partial charge in [0.2, 0.25) is 5.09 Å². The molecule has 3 N–H and O–H groups in total.